The van der Waals surface area contributed by atoms with Crippen molar-refractivity contribution >= 4 is 34.1 Å². The Morgan fingerprint density at radius 1 is 1.61 bits per heavy atom. The first-order valence-electron chi connectivity index (χ1n) is 4.91. The number of oxime groups is 1. The Kier molecular flexibility index (Phi) is 2.91. The normalized spacial score (nSPS) is 17.2. The molecule has 0 saturated heterocycles. The van der Waals surface area contributed by atoms with Gasteiger partial charge in [0.15, 0.2) is 10.8 Å². The van der Waals surface area contributed by atoms with E-state index in [0.29, 0.717) is 12.8 Å². The van der Waals surface area contributed by atoms with Crippen molar-refractivity contribution in [2.24, 2.45) is 5.16 Å². The number of anilines is 1. The molecule has 95 valence electrons. The minimum atomic E-state index is -1.36. The molecule has 1 amide bonds. The van der Waals surface area contributed by atoms with Crippen molar-refractivity contribution in [1.29, 1.82) is 0 Å². The second-order valence-electron chi connectivity index (χ2n) is 3.73. The van der Waals surface area contributed by atoms with Crippen LogP contribution in [0.4, 0.5) is 5.13 Å². The van der Waals surface area contributed by atoms with Crippen molar-refractivity contribution in [3.8, 4) is 0 Å². The number of hydrogen-bond acceptors (Lipinski definition) is 7. The molecule has 18 heavy (non-hydrogen) atoms. The van der Waals surface area contributed by atoms with Crippen LogP contribution < -0.4 is 11.5 Å². The summed E-state index contributed by atoms with van der Waals surface area (Å²) in [6.45, 7) is 0. The Balaban J connectivity index is 2.21. The van der Waals surface area contributed by atoms with E-state index < -0.39 is 17.5 Å². The number of nitrogen functional groups attached to an aromatic ring is 1. The third-order valence-corrected chi connectivity index (χ3v) is 3.06. The highest BCUT2D eigenvalue weighted by molar-refractivity contribution is 7.13. The highest BCUT2D eigenvalue weighted by Gasteiger charge is 2.54. The summed E-state index contributed by atoms with van der Waals surface area (Å²) in [6, 6.07) is 0. The van der Waals surface area contributed by atoms with Crippen LogP contribution in [0.1, 0.15) is 18.5 Å². The predicted octanol–water partition coefficient (Wildman–Crippen LogP) is -0.127. The molecule has 0 atom stereocenters. The average molecular weight is 269 g/mol. The number of hydrogen-bond donors (Lipinski definition) is 2. The minimum Gasteiger partial charge on any atom is -0.478 e. The molecule has 0 aromatic carbocycles. The average Bonchev–Trinajstić information content (AvgIpc) is 2.96. The van der Waals surface area contributed by atoms with Gasteiger partial charge in [0.25, 0.3) is 5.91 Å². The third-order valence-electron chi connectivity index (χ3n) is 2.39. The molecule has 0 unspecified atom stereocenters. The number of nitrogens with zero attached hydrogens (tertiary/aromatic N) is 2. The SMILES string of the molecule is [NH]C(=O)C(=NOC1(C(=O)O)CC1)c1csc(N)n1. The van der Waals surface area contributed by atoms with E-state index in [9.17, 15) is 9.59 Å². The van der Waals surface area contributed by atoms with Gasteiger partial charge in [0.2, 0.25) is 5.60 Å². The van der Waals surface area contributed by atoms with Gasteiger partial charge >= 0.3 is 5.97 Å². The summed E-state index contributed by atoms with van der Waals surface area (Å²) in [5, 5.41) is 14.0. The third kappa shape index (κ3) is 2.25. The topological polar surface area (TPSA) is 139 Å². The number of aromatic nitrogens is 1. The molecule has 1 aromatic heterocycles. The van der Waals surface area contributed by atoms with Crippen molar-refractivity contribution in [3.05, 3.63) is 11.1 Å². The molecule has 1 fully saturated rings. The predicted molar refractivity (Wildman–Crippen MR) is 61.9 cm³/mol. The molecule has 1 aromatic rings. The monoisotopic (exact) mass is 269 g/mol. The van der Waals surface area contributed by atoms with Crippen LogP contribution in [0.15, 0.2) is 10.5 Å². The van der Waals surface area contributed by atoms with Crippen LogP contribution in [0.3, 0.4) is 0 Å². The lowest BCUT2D eigenvalue weighted by molar-refractivity contribution is -0.153. The molecule has 8 nitrogen and oxygen atoms in total. The van der Waals surface area contributed by atoms with Crippen LogP contribution in [0.5, 0.6) is 0 Å². The van der Waals surface area contributed by atoms with Gasteiger partial charge in [0, 0.05) is 18.2 Å². The zero-order valence-electron chi connectivity index (χ0n) is 9.04. The van der Waals surface area contributed by atoms with E-state index in [4.69, 9.17) is 21.4 Å². The van der Waals surface area contributed by atoms with Crippen molar-refractivity contribution in [1.82, 2.24) is 10.7 Å². The molecule has 1 aliphatic rings. The number of carbonyl (C=O) groups excluding carboxylic acids is 1. The highest BCUT2D eigenvalue weighted by Crippen LogP contribution is 2.40. The van der Waals surface area contributed by atoms with Crippen LogP contribution >= 0.6 is 11.3 Å². The van der Waals surface area contributed by atoms with E-state index >= 15 is 0 Å². The lowest BCUT2D eigenvalue weighted by Crippen LogP contribution is -2.26. The second kappa shape index (κ2) is 4.26. The van der Waals surface area contributed by atoms with Gasteiger partial charge in [-0.15, -0.1) is 11.3 Å². The molecule has 2 rings (SSSR count). The maximum atomic E-state index is 11.1. The molecule has 9 heteroatoms. The van der Waals surface area contributed by atoms with Crippen molar-refractivity contribution in [2.75, 3.05) is 5.73 Å². The molecule has 1 saturated carbocycles. The Morgan fingerprint density at radius 3 is 2.67 bits per heavy atom. The fourth-order valence-corrected chi connectivity index (χ4v) is 1.74. The number of amides is 1. The maximum Gasteiger partial charge on any atom is 0.350 e. The Morgan fingerprint density at radius 2 is 2.28 bits per heavy atom. The summed E-state index contributed by atoms with van der Waals surface area (Å²) in [5.74, 6) is -2.25. The van der Waals surface area contributed by atoms with Gasteiger partial charge in [-0.05, 0) is 0 Å². The number of carbonyl (C=O) groups is 2. The van der Waals surface area contributed by atoms with E-state index in [-0.39, 0.29) is 16.5 Å². The minimum absolute atomic E-state index is 0.110. The fraction of sp³-hybridized carbons (Fsp3) is 0.333. The van der Waals surface area contributed by atoms with Gasteiger partial charge in [-0.1, -0.05) is 5.16 Å². The summed E-state index contributed by atoms with van der Waals surface area (Å²) in [6.07, 6.45) is 0.648. The molecule has 0 aliphatic heterocycles. The molecule has 0 bridgehead atoms. The van der Waals surface area contributed by atoms with Crippen molar-refractivity contribution < 1.29 is 19.5 Å². The number of carboxylic acids is 1. The van der Waals surface area contributed by atoms with E-state index in [0.717, 1.165) is 11.3 Å². The number of nitrogens with two attached hydrogens (primary N) is 1. The smallest absolute Gasteiger partial charge is 0.350 e. The molecule has 1 heterocycles. The Hall–Kier alpha value is -2.16. The largest absolute Gasteiger partial charge is 0.478 e. The Labute approximate surface area is 105 Å². The molecule has 1 aliphatic carbocycles. The van der Waals surface area contributed by atoms with Gasteiger partial charge in [0.1, 0.15) is 5.69 Å². The number of carboxylic acid groups (broad SMARTS) is 1. The lowest BCUT2D eigenvalue weighted by Gasteiger charge is -2.07. The molecule has 4 N–H and O–H groups in total. The number of rotatable bonds is 5. The summed E-state index contributed by atoms with van der Waals surface area (Å²) < 4.78 is 0. The zero-order chi connectivity index (χ0) is 13.3. The maximum absolute atomic E-state index is 11.1. The zero-order valence-corrected chi connectivity index (χ0v) is 9.86. The first-order chi connectivity index (χ1) is 8.44. The molecular weight excluding hydrogens is 260 g/mol. The summed E-state index contributed by atoms with van der Waals surface area (Å²) in [4.78, 5) is 30.6. The van der Waals surface area contributed by atoms with E-state index in [1.165, 1.54) is 5.38 Å². The quantitative estimate of drug-likeness (QED) is 0.564. The molecular formula is C9H9N4O4S. The van der Waals surface area contributed by atoms with Gasteiger partial charge in [0.05, 0.1) is 0 Å². The second-order valence-corrected chi connectivity index (χ2v) is 4.62. The first kappa shape index (κ1) is 12.3. The summed E-state index contributed by atoms with van der Waals surface area (Å²) in [7, 11) is 0. The lowest BCUT2D eigenvalue weighted by atomic mass is 10.3. The summed E-state index contributed by atoms with van der Waals surface area (Å²) in [5.41, 5.74) is 10.8. The fourth-order valence-electron chi connectivity index (χ4n) is 1.19. The van der Waals surface area contributed by atoms with Crippen LogP contribution in [-0.2, 0) is 14.4 Å². The van der Waals surface area contributed by atoms with Crippen molar-refractivity contribution in [2.45, 2.75) is 18.4 Å². The van der Waals surface area contributed by atoms with E-state index in [2.05, 4.69) is 10.1 Å². The number of thiazole rings is 1. The van der Waals surface area contributed by atoms with E-state index in [1.54, 1.807) is 0 Å². The molecule has 1 radical (unpaired) electrons. The van der Waals surface area contributed by atoms with Crippen LogP contribution in [0, 0.1) is 0 Å². The number of nitrogens with one attached hydrogen (secondary N) is 1. The van der Waals surface area contributed by atoms with Gasteiger partial charge in [-0.2, -0.15) is 0 Å². The summed E-state index contributed by atoms with van der Waals surface area (Å²) >= 11 is 1.08. The Bertz CT molecular complexity index is 534. The van der Waals surface area contributed by atoms with Crippen LogP contribution in [0.25, 0.3) is 0 Å². The van der Waals surface area contributed by atoms with Gasteiger partial charge in [-0.3, -0.25) is 10.5 Å². The highest BCUT2D eigenvalue weighted by atomic mass is 32.1. The van der Waals surface area contributed by atoms with Crippen molar-refractivity contribution in [3.63, 3.8) is 0 Å². The van der Waals surface area contributed by atoms with Crippen LogP contribution in [0.2, 0.25) is 0 Å². The van der Waals surface area contributed by atoms with Gasteiger partial charge < -0.3 is 15.7 Å². The number of aliphatic carboxylic acids is 1. The van der Waals surface area contributed by atoms with E-state index in [1.807, 2.05) is 0 Å². The first-order valence-corrected chi connectivity index (χ1v) is 5.79. The van der Waals surface area contributed by atoms with Crippen LogP contribution in [-0.4, -0.2) is 33.3 Å². The standard InChI is InChI=1S/C9H9N4O4S/c10-6(14)5(4-3-18-8(11)12-4)13-17-9(1-2-9)7(15)16/h3,10H,1-2H2,(H2,11,12)(H,15,16). The molecule has 0 spiro atoms. The van der Waals surface area contributed by atoms with Gasteiger partial charge in [-0.25, -0.2) is 9.78 Å².